The number of anilines is 1. The van der Waals surface area contributed by atoms with Crippen molar-refractivity contribution in [2.45, 2.75) is 6.92 Å². The molecule has 0 spiro atoms. The van der Waals surface area contributed by atoms with Crippen molar-refractivity contribution in [3.05, 3.63) is 58.6 Å². The van der Waals surface area contributed by atoms with E-state index < -0.39 is 17.7 Å². The highest BCUT2D eigenvalue weighted by atomic mass is 35.5. The van der Waals surface area contributed by atoms with E-state index in [4.69, 9.17) is 16.3 Å². The van der Waals surface area contributed by atoms with E-state index in [1.54, 1.807) is 18.2 Å². The molecule has 0 saturated heterocycles. The van der Waals surface area contributed by atoms with Crippen molar-refractivity contribution in [1.82, 2.24) is 5.32 Å². The summed E-state index contributed by atoms with van der Waals surface area (Å²) in [4.78, 5) is 11.7. The Kier molecular flexibility index (Phi) is 5.76. The van der Waals surface area contributed by atoms with Gasteiger partial charge in [0.05, 0.1) is 6.54 Å². The highest BCUT2D eigenvalue weighted by Gasteiger charge is 2.06. The number of rotatable bonds is 5. The van der Waals surface area contributed by atoms with Crippen molar-refractivity contribution < 1.29 is 18.3 Å². The van der Waals surface area contributed by atoms with Gasteiger partial charge < -0.3 is 15.4 Å². The molecule has 0 atom stereocenters. The number of hydrogen-bond acceptors (Lipinski definition) is 2. The Morgan fingerprint density at radius 3 is 2.70 bits per heavy atom. The van der Waals surface area contributed by atoms with E-state index in [1.165, 1.54) is 6.07 Å². The van der Waals surface area contributed by atoms with Crippen LogP contribution in [0.25, 0.3) is 0 Å². The fraction of sp³-hybridized carbons (Fsp3) is 0.188. The Morgan fingerprint density at radius 1 is 1.22 bits per heavy atom. The quantitative estimate of drug-likeness (QED) is 0.804. The monoisotopic (exact) mass is 340 g/mol. The first-order chi connectivity index (χ1) is 11.0. The van der Waals surface area contributed by atoms with Crippen LogP contribution in [0.15, 0.2) is 36.4 Å². The van der Waals surface area contributed by atoms with Crippen molar-refractivity contribution >= 4 is 23.3 Å². The summed E-state index contributed by atoms with van der Waals surface area (Å²) >= 11 is 5.96. The Morgan fingerprint density at radius 2 is 2.00 bits per heavy atom. The van der Waals surface area contributed by atoms with Crippen LogP contribution >= 0.6 is 11.6 Å². The van der Waals surface area contributed by atoms with Crippen molar-refractivity contribution in [2.75, 3.05) is 18.5 Å². The Bertz CT molecular complexity index is 710. The fourth-order valence-corrected chi connectivity index (χ4v) is 1.94. The summed E-state index contributed by atoms with van der Waals surface area (Å²) in [5.41, 5.74) is 1.47. The second kappa shape index (κ2) is 7.78. The molecule has 0 aliphatic carbocycles. The summed E-state index contributed by atoms with van der Waals surface area (Å²) in [6, 6.07) is 7.74. The minimum Gasteiger partial charge on any atom is -0.489 e. The number of ether oxygens (including phenoxy) is 1. The summed E-state index contributed by atoms with van der Waals surface area (Å²) in [5.74, 6) is -1.54. The highest BCUT2D eigenvalue weighted by Crippen LogP contribution is 2.20. The topological polar surface area (TPSA) is 50.4 Å². The lowest BCUT2D eigenvalue weighted by Crippen LogP contribution is -2.32. The molecular formula is C16H15ClF2N2O2. The zero-order valence-electron chi connectivity index (χ0n) is 12.3. The van der Waals surface area contributed by atoms with Gasteiger partial charge in [-0.3, -0.25) is 0 Å². The average Bonchev–Trinajstić information content (AvgIpc) is 2.49. The van der Waals surface area contributed by atoms with Gasteiger partial charge in [-0.15, -0.1) is 0 Å². The lowest BCUT2D eigenvalue weighted by molar-refractivity contribution is 0.246. The molecule has 2 rings (SSSR count). The normalized spacial score (nSPS) is 10.3. The molecule has 2 aromatic carbocycles. The first kappa shape index (κ1) is 17.0. The number of amides is 2. The Hall–Kier alpha value is -2.34. The molecule has 0 radical (unpaired) electrons. The molecule has 0 aliphatic heterocycles. The SMILES string of the molecule is Cc1ccc(NC(=O)NCCOc2ccc(F)cc2F)cc1Cl. The molecule has 2 aromatic rings. The first-order valence-corrected chi connectivity index (χ1v) is 7.22. The number of benzene rings is 2. The Labute approximate surface area is 137 Å². The average molecular weight is 341 g/mol. The molecule has 0 unspecified atom stereocenters. The van der Waals surface area contributed by atoms with Gasteiger partial charge in [0.15, 0.2) is 11.6 Å². The number of halogens is 3. The number of hydrogen-bond donors (Lipinski definition) is 2. The van der Waals surface area contributed by atoms with Crippen molar-refractivity contribution in [2.24, 2.45) is 0 Å². The second-order valence-electron chi connectivity index (χ2n) is 4.77. The molecule has 4 nitrogen and oxygen atoms in total. The summed E-state index contributed by atoms with van der Waals surface area (Å²) < 4.78 is 31.2. The van der Waals surface area contributed by atoms with E-state index in [2.05, 4.69) is 10.6 Å². The van der Waals surface area contributed by atoms with Crippen LogP contribution in [-0.2, 0) is 0 Å². The van der Waals surface area contributed by atoms with Gasteiger partial charge in [-0.2, -0.15) is 0 Å². The third-order valence-electron chi connectivity index (χ3n) is 2.97. The molecule has 0 saturated carbocycles. The molecule has 2 amide bonds. The van der Waals surface area contributed by atoms with Crippen LogP contribution in [0.2, 0.25) is 5.02 Å². The summed E-state index contributed by atoms with van der Waals surface area (Å²) in [5, 5.41) is 5.72. The standard InChI is InChI=1S/C16H15ClF2N2O2/c1-10-2-4-12(9-13(10)17)21-16(22)20-6-7-23-15-5-3-11(18)8-14(15)19/h2-5,8-9H,6-7H2,1H3,(H2,20,21,22). The zero-order chi connectivity index (χ0) is 16.8. The molecule has 0 bridgehead atoms. The summed E-state index contributed by atoms with van der Waals surface area (Å²) in [6.07, 6.45) is 0. The largest absolute Gasteiger partial charge is 0.489 e. The van der Waals surface area contributed by atoms with E-state index >= 15 is 0 Å². The van der Waals surface area contributed by atoms with Crippen LogP contribution in [-0.4, -0.2) is 19.2 Å². The predicted octanol–water partition coefficient (Wildman–Crippen LogP) is 4.13. The summed E-state index contributed by atoms with van der Waals surface area (Å²) in [6.45, 7) is 2.06. The molecule has 23 heavy (non-hydrogen) atoms. The van der Waals surface area contributed by atoms with E-state index in [0.717, 1.165) is 17.7 Å². The van der Waals surface area contributed by atoms with E-state index in [1.807, 2.05) is 6.92 Å². The molecule has 0 aromatic heterocycles. The number of carbonyl (C=O) groups is 1. The minimum absolute atomic E-state index is 0.0463. The molecular weight excluding hydrogens is 326 g/mol. The van der Waals surface area contributed by atoms with Crippen LogP contribution in [0.3, 0.4) is 0 Å². The fourth-order valence-electron chi connectivity index (χ4n) is 1.76. The van der Waals surface area contributed by atoms with Crippen LogP contribution < -0.4 is 15.4 Å². The number of urea groups is 1. The number of nitrogens with one attached hydrogen (secondary N) is 2. The lowest BCUT2D eigenvalue weighted by atomic mass is 10.2. The van der Waals surface area contributed by atoms with Gasteiger partial charge >= 0.3 is 6.03 Å². The number of carbonyl (C=O) groups excluding carboxylic acids is 1. The second-order valence-corrected chi connectivity index (χ2v) is 5.18. The lowest BCUT2D eigenvalue weighted by Gasteiger charge is -2.10. The smallest absolute Gasteiger partial charge is 0.319 e. The third-order valence-corrected chi connectivity index (χ3v) is 3.38. The first-order valence-electron chi connectivity index (χ1n) is 6.84. The van der Waals surface area contributed by atoms with Gasteiger partial charge in [-0.05, 0) is 36.8 Å². The maximum absolute atomic E-state index is 13.3. The van der Waals surface area contributed by atoms with Crippen LogP contribution in [0, 0.1) is 18.6 Å². The molecule has 0 heterocycles. The van der Waals surface area contributed by atoms with Gasteiger partial charge in [0.2, 0.25) is 0 Å². The van der Waals surface area contributed by atoms with Gasteiger partial charge in [-0.25, -0.2) is 13.6 Å². The van der Waals surface area contributed by atoms with Gasteiger partial charge in [-0.1, -0.05) is 17.7 Å². The maximum Gasteiger partial charge on any atom is 0.319 e. The van der Waals surface area contributed by atoms with E-state index in [-0.39, 0.29) is 18.9 Å². The van der Waals surface area contributed by atoms with Gasteiger partial charge in [0.1, 0.15) is 12.4 Å². The molecule has 7 heteroatoms. The molecule has 2 N–H and O–H groups in total. The molecule has 122 valence electrons. The molecule has 0 fully saturated rings. The zero-order valence-corrected chi connectivity index (χ0v) is 13.1. The van der Waals surface area contributed by atoms with Crippen molar-refractivity contribution in [1.29, 1.82) is 0 Å². The predicted molar refractivity (Wildman–Crippen MR) is 85.1 cm³/mol. The minimum atomic E-state index is -0.788. The van der Waals surface area contributed by atoms with Gasteiger partial charge in [0.25, 0.3) is 0 Å². The van der Waals surface area contributed by atoms with Gasteiger partial charge in [0, 0.05) is 16.8 Å². The van der Waals surface area contributed by atoms with Crippen molar-refractivity contribution in [3.8, 4) is 5.75 Å². The van der Waals surface area contributed by atoms with E-state index in [0.29, 0.717) is 10.7 Å². The van der Waals surface area contributed by atoms with Crippen molar-refractivity contribution in [3.63, 3.8) is 0 Å². The molecule has 0 aliphatic rings. The number of aryl methyl sites for hydroxylation is 1. The van der Waals surface area contributed by atoms with E-state index in [9.17, 15) is 13.6 Å². The van der Waals surface area contributed by atoms with Crippen LogP contribution in [0.5, 0.6) is 5.75 Å². The van der Waals surface area contributed by atoms with Crippen LogP contribution in [0.1, 0.15) is 5.56 Å². The summed E-state index contributed by atoms with van der Waals surface area (Å²) in [7, 11) is 0. The highest BCUT2D eigenvalue weighted by molar-refractivity contribution is 6.31. The third kappa shape index (κ3) is 5.10. The van der Waals surface area contributed by atoms with Crippen LogP contribution in [0.4, 0.5) is 19.3 Å². The maximum atomic E-state index is 13.3. The Balaban J connectivity index is 1.75.